The van der Waals surface area contributed by atoms with E-state index in [1.165, 1.54) is 0 Å². The third-order valence-corrected chi connectivity index (χ3v) is 2.11. The summed E-state index contributed by atoms with van der Waals surface area (Å²) in [5.41, 5.74) is 6.35. The monoisotopic (exact) mass is 207 g/mol. The number of aromatic nitrogens is 1. The summed E-state index contributed by atoms with van der Waals surface area (Å²) in [6, 6.07) is 3.50. The number of pyridine rings is 1. The number of nitrogens with zero attached hydrogens (tertiary/aromatic N) is 1. The minimum atomic E-state index is -0.116. The van der Waals surface area contributed by atoms with Crippen molar-refractivity contribution in [3.05, 3.63) is 30.1 Å². The van der Waals surface area contributed by atoms with Crippen LogP contribution in [-0.2, 0) is 0 Å². The van der Waals surface area contributed by atoms with Gasteiger partial charge in [-0.15, -0.1) is 0 Å². The van der Waals surface area contributed by atoms with E-state index >= 15 is 0 Å². The van der Waals surface area contributed by atoms with Crippen LogP contribution < -0.4 is 11.1 Å². The van der Waals surface area contributed by atoms with Gasteiger partial charge in [-0.25, -0.2) is 0 Å². The number of hydrogen-bond acceptors (Lipinski definition) is 3. The molecule has 0 aliphatic rings. The normalized spacial score (nSPS) is 12.1. The molecule has 0 aliphatic heterocycles. The minimum absolute atomic E-state index is 0.0376. The lowest BCUT2D eigenvalue weighted by atomic mass is 10.2. The zero-order valence-electron chi connectivity index (χ0n) is 8.94. The van der Waals surface area contributed by atoms with Crippen LogP contribution in [0.5, 0.6) is 0 Å². The van der Waals surface area contributed by atoms with Crippen LogP contribution in [0.3, 0.4) is 0 Å². The Morgan fingerprint density at radius 3 is 3.07 bits per heavy atom. The molecule has 0 saturated carbocycles. The zero-order valence-corrected chi connectivity index (χ0v) is 8.94. The quantitative estimate of drug-likeness (QED) is 0.755. The SMILES string of the molecule is CCCC(N)CNC(=O)c1cccnc1. The summed E-state index contributed by atoms with van der Waals surface area (Å²) in [6.45, 7) is 2.59. The number of carbonyl (C=O) groups is 1. The molecule has 82 valence electrons. The molecule has 0 spiro atoms. The molecule has 1 unspecified atom stereocenters. The molecular formula is C11H17N3O. The van der Waals surface area contributed by atoms with Gasteiger partial charge in [-0.2, -0.15) is 0 Å². The van der Waals surface area contributed by atoms with Crippen molar-refractivity contribution in [2.24, 2.45) is 5.73 Å². The van der Waals surface area contributed by atoms with E-state index in [2.05, 4.69) is 17.2 Å². The maximum atomic E-state index is 11.5. The molecule has 4 nitrogen and oxygen atoms in total. The lowest BCUT2D eigenvalue weighted by Gasteiger charge is -2.11. The van der Waals surface area contributed by atoms with E-state index in [4.69, 9.17) is 5.73 Å². The van der Waals surface area contributed by atoms with E-state index < -0.39 is 0 Å². The predicted molar refractivity (Wildman–Crippen MR) is 59.5 cm³/mol. The highest BCUT2D eigenvalue weighted by Crippen LogP contribution is 1.96. The molecule has 0 fully saturated rings. The van der Waals surface area contributed by atoms with Gasteiger partial charge in [0.05, 0.1) is 5.56 Å². The molecule has 1 amide bonds. The first-order valence-corrected chi connectivity index (χ1v) is 5.18. The second-order valence-electron chi connectivity index (χ2n) is 3.50. The van der Waals surface area contributed by atoms with Gasteiger partial charge in [-0.1, -0.05) is 13.3 Å². The number of carbonyl (C=O) groups excluding carboxylic acids is 1. The van der Waals surface area contributed by atoms with Crippen molar-refractivity contribution in [3.8, 4) is 0 Å². The van der Waals surface area contributed by atoms with Crippen molar-refractivity contribution in [2.45, 2.75) is 25.8 Å². The Kier molecular flexibility index (Phi) is 4.77. The lowest BCUT2D eigenvalue weighted by Crippen LogP contribution is -2.37. The number of amides is 1. The molecule has 1 rings (SSSR count). The van der Waals surface area contributed by atoms with E-state index in [9.17, 15) is 4.79 Å². The van der Waals surface area contributed by atoms with Gasteiger partial charge in [-0.05, 0) is 18.6 Å². The molecule has 15 heavy (non-hydrogen) atoms. The van der Waals surface area contributed by atoms with Crippen molar-refractivity contribution in [3.63, 3.8) is 0 Å². The average molecular weight is 207 g/mol. The Labute approximate surface area is 89.9 Å². The first-order chi connectivity index (χ1) is 7.24. The van der Waals surface area contributed by atoms with Crippen LogP contribution >= 0.6 is 0 Å². The summed E-state index contributed by atoms with van der Waals surface area (Å²) in [6.07, 6.45) is 5.14. The highest BCUT2D eigenvalue weighted by atomic mass is 16.1. The third kappa shape index (κ3) is 4.08. The van der Waals surface area contributed by atoms with E-state index in [-0.39, 0.29) is 11.9 Å². The Hall–Kier alpha value is -1.42. The van der Waals surface area contributed by atoms with Crippen molar-refractivity contribution in [2.75, 3.05) is 6.54 Å². The van der Waals surface area contributed by atoms with Crippen LogP contribution in [0.1, 0.15) is 30.1 Å². The van der Waals surface area contributed by atoms with E-state index in [1.807, 2.05) is 0 Å². The summed E-state index contributed by atoms with van der Waals surface area (Å²) >= 11 is 0. The van der Waals surface area contributed by atoms with Gasteiger partial charge < -0.3 is 11.1 Å². The molecule has 0 saturated heterocycles. The Morgan fingerprint density at radius 1 is 1.67 bits per heavy atom. The highest BCUT2D eigenvalue weighted by molar-refractivity contribution is 5.93. The fourth-order valence-corrected chi connectivity index (χ4v) is 1.30. The number of rotatable bonds is 5. The van der Waals surface area contributed by atoms with E-state index in [1.54, 1.807) is 24.5 Å². The van der Waals surface area contributed by atoms with Crippen molar-refractivity contribution >= 4 is 5.91 Å². The minimum Gasteiger partial charge on any atom is -0.350 e. The van der Waals surface area contributed by atoms with Gasteiger partial charge >= 0.3 is 0 Å². The van der Waals surface area contributed by atoms with Crippen molar-refractivity contribution in [1.82, 2.24) is 10.3 Å². The Balaban J connectivity index is 2.37. The summed E-state index contributed by atoms with van der Waals surface area (Å²) in [7, 11) is 0. The van der Waals surface area contributed by atoms with E-state index in [0.717, 1.165) is 12.8 Å². The largest absolute Gasteiger partial charge is 0.350 e. The molecule has 1 aromatic rings. The number of nitrogens with two attached hydrogens (primary N) is 1. The summed E-state index contributed by atoms with van der Waals surface area (Å²) in [5, 5.41) is 2.78. The standard InChI is InChI=1S/C11H17N3O/c1-2-4-10(12)8-14-11(15)9-5-3-6-13-7-9/h3,5-7,10H,2,4,8,12H2,1H3,(H,14,15). The summed E-state index contributed by atoms with van der Waals surface area (Å²) < 4.78 is 0. The summed E-state index contributed by atoms with van der Waals surface area (Å²) in [4.78, 5) is 15.4. The van der Waals surface area contributed by atoms with Gasteiger partial charge in [0.2, 0.25) is 0 Å². The molecule has 0 bridgehead atoms. The molecule has 4 heteroatoms. The lowest BCUT2D eigenvalue weighted by molar-refractivity contribution is 0.0950. The Morgan fingerprint density at radius 2 is 2.47 bits per heavy atom. The fraction of sp³-hybridized carbons (Fsp3) is 0.455. The van der Waals surface area contributed by atoms with Gasteiger partial charge in [0.25, 0.3) is 5.91 Å². The van der Waals surface area contributed by atoms with E-state index in [0.29, 0.717) is 12.1 Å². The van der Waals surface area contributed by atoms with Crippen LogP contribution in [-0.4, -0.2) is 23.5 Å². The number of nitrogens with one attached hydrogen (secondary N) is 1. The molecule has 1 aromatic heterocycles. The topological polar surface area (TPSA) is 68.0 Å². The molecular weight excluding hydrogens is 190 g/mol. The summed E-state index contributed by atoms with van der Waals surface area (Å²) in [5.74, 6) is -0.116. The molecule has 0 aromatic carbocycles. The van der Waals surface area contributed by atoms with Crippen LogP contribution in [0.2, 0.25) is 0 Å². The molecule has 1 atom stereocenters. The maximum absolute atomic E-state index is 11.5. The van der Waals surface area contributed by atoms with Crippen LogP contribution in [0.15, 0.2) is 24.5 Å². The smallest absolute Gasteiger partial charge is 0.252 e. The van der Waals surface area contributed by atoms with Crippen LogP contribution in [0.4, 0.5) is 0 Å². The zero-order chi connectivity index (χ0) is 11.1. The second kappa shape index (κ2) is 6.14. The van der Waals surface area contributed by atoms with Gasteiger partial charge in [0, 0.05) is 25.0 Å². The van der Waals surface area contributed by atoms with Gasteiger partial charge in [0.1, 0.15) is 0 Å². The molecule has 3 N–H and O–H groups in total. The van der Waals surface area contributed by atoms with Crippen LogP contribution in [0, 0.1) is 0 Å². The molecule has 0 aliphatic carbocycles. The maximum Gasteiger partial charge on any atom is 0.252 e. The molecule has 1 heterocycles. The first-order valence-electron chi connectivity index (χ1n) is 5.18. The highest BCUT2D eigenvalue weighted by Gasteiger charge is 2.06. The fourth-order valence-electron chi connectivity index (χ4n) is 1.30. The first kappa shape index (κ1) is 11.7. The second-order valence-corrected chi connectivity index (χ2v) is 3.50. The van der Waals surface area contributed by atoms with Gasteiger partial charge in [-0.3, -0.25) is 9.78 Å². The third-order valence-electron chi connectivity index (χ3n) is 2.11. The Bertz CT molecular complexity index is 300. The van der Waals surface area contributed by atoms with Crippen molar-refractivity contribution in [1.29, 1.82) is 0 Å². The van der Waals surface area contributed by atoms with Crippen molar-refractivity contribution < 1.29 is 4.79 Å². The average Bonchev–Trinajstić information content (AvgIpc) is 2.27. The predicted octanol–water partition coefficient (Wildman–Crippen LogP) is 0.939. The number of hydrogen-bond donors (Lipinski definition) is 2. The van der Waals surface area contributed by atoms with Gasteiger partial charge in [0.15, 0.2) is 0 Å². The molecule has 0 radical (unpaired) electrons. The van der Waals surface area contributed by atoms with Crippen LogP contribution in [0.25, 0.3) is 0 Å².